The topological polar surface area (TPSA) is 84.5 Å². The van der Waals surface area contributed by atoms with Crippen molar-refractivity contribution in [2.75, 3.05) is 39.5 Å². The molecule has 2 N–H and O–H groups in total. The van der Waals surface area contributed by atoms with Crippen LogP contribution in [-0.2, 0) is 16.6 Å². The van der Waals surface area contributed by atoms with Gasteiger partial charge in [0.2, 0.25) is 10.0 Å². The molecule has 1 aromatic heterocycles. The van der Waals surface area contributed by atoms with E-state index in [0.717, 1.165) is 12.8 Å². The average Bonchev–Trinajstić information content (AvgIpc) is 2.76. The van der Waals surface area contributed by atoms with Gasteiger partial charge < -0.3 is 10.6 Å². The lowest BCUT2D eigenvalue weighted by Gasteiger charge is -2.22. The van der Waals surface area contributed by atoms with Gasteiger partial charge in [0.25, 0.3) is 0 Å². The molecule has 0 radical (unpaired) electrons. The molecule has 0 saturated carbocycles. The van der Waals surface area contributed by atoms with E-state index in [1.54, 1.807) is 4.68 Å². The molecular formula is C13H27N5O2S. The maximum Gasteiger partial charge on any atom is 0.248 e. The van der Waals surface area contributed by atoms with Crippen molar-refractivity contribution in [1.82, 2.24) is 19.0 Å². The highest BCUT2D eigenvalue weighted by molar-refractivity contribution is 7.89. The lowest BCUT2D eigenvalue weighted by Crippen LogP contribution is -2.37. The zero-order valence-corrected chi connectivity index (χ0v) is 14.2. The Kier molecular flexibility index (Phi) is 6.63. The van der Waals surface area contributed by atoms with Gasteiger partial charge >= 0.3 is 0 Å². The summed E-state index contributed by atoms with van der Waals surface area (Å²) in [6.07, 6.45) is 3.17. The van der Waals surface area contributed by atoms with Crippen molar-refractivity contribution < 1.29 is 8.42 Å². The third-order valence-electron chi connectivity index (χ3n) is 3.10. The van der Waals surface area contributed by atoms with Crippen molar-refractivity contribution in [3.05, 3.63) is 6.20 Å². The molecule has 21 heavy (non-hydrogen) atoms. The highest BCUT2D eigenvalue weighted by Gasteiger charge is 2.28. The number of sulfonamides is 1. The Balaban J connectivity index is 3.04. The number of nitrogens with zero attached hydrogens (tertiary/aromatic N) is 4. The summed E-state index contributed by atoms with van der Waals surface area (Å²) in [5.74, 6) is 0.0782. The number of rotatable bonds is 9. The first-order valence-electron chi connectivity index (χ1n) is 7.30. The van der Waals surface area contributed by atoms with E-state index in [-0.39, 0.29) is 10.7 Å². The fraction of sp³-hybridized carbons (Fsp3) is 0.769. The van der Waals surface area contributed by atoms with E-state index in [9.17, 15) is 8.42 Å². The number of likely N-dealkylation sites (N-methyl/N-ethyl adjacent to an activating group) is 1. The van der Waals surface area contributed by atoms with Crippen LogP contribution in [-0.4, -0.2) is 61.1 Å². The number of anilines is 1. The van der Waals surface area contributed by atoms with E-state index in [4.69, 9.17) is 5.73 Å². The van der Waals surface area contributed by atoms with E-state index in [1.165, 1.54) is 10.5 Å². The average molecular weight is 317 g/mol. The van der Waals surface area contributed by atoms with Crippen molar-refractivity contribution in [2.24, 2.45) is 0 Å². The van der Waals surface area contributed by atoms with Crippen LogP contribution in [0.4, 0.5) is 5.82 Å². The standard InChI is InChI=1S/C13H27N5O2S/c1-5-7-17-11-12(13(14)15-17)21(19,20)18(8-6-2)10-9-16(3)4/h11H,5-10H2,1-4H3,(H2,14,15). The molecule has 0 saturated heterocycles. The number of aryl methyl sites for hydroxylation is 1. The maximum absolute atomic E-state index is 12.7. The second kappa shape index (κ2) is 7.77. The molecule has 7 nitrogen and oxygen atoms in total. The summed E-state index contributed by atoms with van der Waals surface area (Å²) < 4.78 is 28.6. The molecule has 1 aromatic rings. The molecule has 0 atom stereocenters. The van der Waals surface area contributed by atoms with Crippen LogP contribution in [0.2, 0.25) is 0 Å². The quantitative estimate of drug-likeness (QED) is 0.729. The van der Waals surface area contributed by atoms with Gasteiger partial charge in [0.05, 0.1) is 0 Å². The van der Waals surface area contributed by atoms with Gasteiger partial charge in [-0.2, -0.15) is 9.40 Å². The summed E-state index contributed by atoms with van der Waals surface area (Å²) in [6.45, 7) is 6.22. The largest absolute Gasteiger partial charge is 0.381 e. The van der Waals surface area contributed by atoms with Gasteiger partial charge in [-0.3, -0.25) is 4.68 Å². The lowest BCUT2D eigenvalue weighted by molar-refractivity contribution is 0.333. The summed E-state index contributed by atoms with van der Waals surface area (Å²) in [4.78, 5) is 2.07. The molecule has 0 aromatic carbocycles. The molecule has 0 fully saturated rings. The zero-order chi connectivity index (χ0) is 16.0. The van der Waals surface area contributed by atoms with Gasteiger partial charge in [-0.1, -0.05) is 13.8 Å². The van der Waals surface area contributed by atoms with Gasteiger partial charge in [-0.15, -0.1) is 0 Å². The minimum Gasteiger partial charge on any atom is -0.381 e. The Labute approximate surface area is 127 Å². The van der Waals surface area contributed by atoms with Gasteiger partial charge in [-0.05, 0) is 26.9 Å². The molecule has 0 aliphatic rings. The van der Waals surface area contributed by atoms with E-state index in [1.807, 2.05) is 32.8 Å². The van der Waals surface area contributed by atoms with Crippen LogP contribution in [0.3, 0.4) is 0 Å². The van der Waals surface area contributed by atoms with Crippen LogP contribution >= 0.6 is 0 Å². The minimum atomic E-state index is -3.59. The molecule has 122 valence electrons. The van der Waals surface area contributed by atoms with E-state index in [0.29, 0.717) is 26.2 Å². The number of nitrogens with two attached hydrogens (primary N) is 1. The van der Waals surface area contributed by atoms with Crippen LogP contribution in [0, 0.1) is 0 Å². The summed E-state index contributed by atoms with van der Waals surface area (Å²) in [7, 11) is 0.253. The normalized spacial score (nSPS) is 12.5. The third kappa shape index (κ3) is 4.69. The Morgan fingerprint density at radius 2 is 1.86 bits per heavy atom. The molecule has 0 aliphatic carbocycles. The fourth-order valence-electron chi connectivity index (χ4n) is 2.01. The van der Waals surface area contributed by atoms with Crippen LogP contribution in [0.5, 0.6) is 0 Å². The van der Waals surface area contributed by atoms with E-state index >= 15 is 0 Å². The summed E-state index contributed by atoms with van der Waals surface area (Å²) in [5.41, 5.74) is 5.80. The number of aromatic nitrogens is 2. The van der Waals surface area contributed by atoms with Gasteiger partial charge in [0.15, 0.2) is 5.82 Å². The second-order valence-electron chi connectivity index (χ2n) is 5.35. The maximum atomic E-state index is 12.7. The van der Waals surface area contributed by atoms with Crippen LogP contribution in [0.15, 0.2) is 11.1 Å². The molecule has 8 heteroatoms. The van der Waals surface area contributed by atoms with Gasteiger partial charge in [-0.25, -0.2) is 8.42 Å². The highest BCUT2D eigenvalue weighted by atomic mass is 32.2. The molecule has 0 aliphatic heterocycles. The van der Waals surface area contributed by atoms with Crippen LogP contribution in [0.25, 0.3) is 0 Å². The molecule has 1 rings (SSSR count). The first-order chi connectivity index (χ1) is 9.82. The van der Waals surface area contributed by atoms with Gasteiger partial charge in [0, 0.05) is 32.4 Å². The van der Waals surface area contributed by atoms with Crippen LogP contribution < -0.4 is 5.73 Å². The predicted molar refractivity (Wildman–Crippen MR) is 84.5 cm³/mol. The Bertz CT molecular complexity index is 539. The van der Waals surface area contributed by atoms with Crippen molar-refractivity contribution in [3.63, 3.8) is 0 Å². The first-order valence-corrected chi connectivity index (χ1v) is 8.74. The van der Waals surface area contributed by atoms with Gasteiger partial charge in [0.1, 0.15) is 4.90 Å². The third-order valence-corrected chi connectivity index (χ3v) is 5.01. The molecule has 0 spiro atoms. The highest BCUT2D eigenvalue weighted by Crippen LogP contribution is 2.21. The Hall–Kier alpha value is -1.12. The van der Waals surface area contributed by atoms with Crippen molar-refractivity contribution in [2.45, 2.75) is 38.1 Å². The number of hydrogen-bond donors (Lipinski definition) is 1. The van der Waals surface area contributed by atoms with Crippen molar-refractivity contribution >= 4 is 15.8 Å². The predicted octanol–water partition coefficient (Wildman–Crippen LogP) is 0.838. The molecule has 0 amide bonds. The minimum absolute atomic E-state index is 0.0782. The molecule has 0 bridgehead atoms. The monoisotopic (exact) mass is 317 g/mol. The second-order valence-corrected chi connectivity index (χ2v) is 7.26. The Morgan fingerprint density at radius 3 is 2.38 bits per heavy atom. The SMILES string of the molecule is CCCN(CCN(C)C)S(=O)(=O)c1cn(CCC)nc1N. The van der Waals surface area contributed by atoms with E-state index in [2.05, 4.69) is 5.10 Å². The smallest absolute Gasteiger partial charge is 0.248 e. The number of nitrogen functional groups attached to an aromatic ring is 1. The van der Waals surface area contributed by atoms with E-state index < -0.39 is 10.0 Å². The number of hydrogen-bond acceptors (Lipinski definition) is 5. The van der Waals surface area contributed by atoms with Crippen molar-refractivity contribution in [1.29, 1.82) is 0 Å². The first kappa shape index (κ1) is 17.9. The molecule has 0 unspecified atom stereocenters. The summed E-state index contributed by atoms with van der Waals surface area (Å²) in [6, 6.07) is 0. The zero-order valence-electron chi connectivity index (χ0n) is 13.4. The summed E-state index contributed by atoms with van der Waals surface area (Å²) in [5, 5.41) is 4.08. The van der Waals surface area contributed by atoms with Crippen LogP contribution in [0.1, 0.15) is 26.7 Å². The molecule has 1 heterocycles. The molecular weight excluding hydrogens is 290 g/mol. The summed E-state index contributed by atoms with van der Waals surface area (Å²) >= 11 is 0. The fourth-order valence-corrected chi connectivity index (χ4v) is 3.60. The Morgan fingerprint density at radius 1 is 1.19 bits per heavy atom. The lowest BCUT2D eigenvalue weighted by atomic mass is 10.4. The van der Waals surface area contributed by atoms with Crippen molar-refractivity contribution in [3.8, 4) is 0 Å².